The summed E-state index contributed by atoms with van der Waals surface area (Å²) in [6.45, 7) is 5.34. The average molecular weight is 355 g/mol. The van der Waals surface area contributed by atoms with Crippen molar-refractivity contribution in [1.82, 2.24) is 9.80 Å². The summed E-state index contributed by atoms with van der Waals surface area (Å²) >= 11 is 1.82. The first-order chi connectivity index (χ1) is 12.2. The van der Waals surface area contributed by atoms with Crippen LogP contribution in [0.5, 0.6) is 0 Å². The van der Waals surface area contributed by atoms with Gasteiger partial charge in [-0.3, -0.25) is 9.69 Å². The molecule has 0 saturated heterocycles. The lowest BCUT2D eigenvalue weighted by Crippen LogP contribution is -2.45. The molecule has 1 aromatic heterocycles. The number of carbonyl (C=O) groups excluding carboxylic acids is 1. The summed E-state index contributed by atoms with van der Waals surface area (Å²) < 4.78 is 0. The topological polar surface area (TPSA) is 23.6 Å². The Bertz CT molecular complexity index is 723. The molecule has 2 heterocycles. The van der Waals surface area contributed by atoms with Gasteiger partial charge in [-0.2, -0.15) is 0 Å². The van der Waals surface area contributed by atoms with Crippen molar-refractivity contribution in [3.63, 3.8) is 0 Å². The minimum Gasteiger partial charge on any atom is -0.337 e. The smallest absolute Gasteiger partial charge is 0.237 e. The number of nitrogens with zero attached hydrogens (tertiary/aromatic N) is 2. The highest BCUT2D eigenvalue weighted by Crippen LogP contribution is 2.35. The van der Waals surface area contributed by atoms with Crippen LogP contribution in [0.1, 0.15) is 35.8 Å². The number of hydrogen-bond donors (Lipinski definition) is 0. The quantitative estimate of drug-likeness (QED) is 0.785. The van der Waals surface area contributed by atoms with Crippen LogP contribution < -0.4 is 0 Å². The molecule has 2 aromatic rings. The molecule has 1 aliphatic heterocycles. The Morgan fingerprint density at radius 3 is 2.84 bits per heavy atom. The van der Waals surface area contributed by atoms with E-state index in [1.807, 2.05) is 16.2 Å². The van der Waals surface area contributed by atoms with Gasteiger partial charge in [0.2, 0.25) is 5.91 Å². The van der Waals surface area contributed by atoms with E-state index in [9.17, 15) is 4.79 Å². The molecule has 4 rings (SSSR count). The Kier molecular flexibility index (Phi) is 4.91. The van der Waals surface area contributed by atoms with E-state index in [1.54, 1.807) is 0 Å². The van der Waals surface area contributed by atoms with Gasteiger partial charge in [0.15, 0.2) is 0 Å². The molecular formula is C21H26N2OS. The van der Waals surface area contributed by atoms with Gasteiger partial charge in [-0.05, 0) is 54.7 Å². The first kappa shape index (κ1) is 16.8. The van der Waals surface area contributed by atoms with Crippen molar-refractivity contribution in [2.45, 2.75) is 45.3 Å². The number of thiophene rings is 1. The van der Waals surface area contributed by atoms with Crippen LogP contribution in [-0.2, 0) is 24.3 Å². The second-order valence-corrected chi connectivity index (χ2v) is 8.40. The van der Waals surface area contributed by atoms with E-state index in [1.165, 1.54) is 28.8 Å². The third-order valence-electron chi connectivity index (χ3n) is 5.61. The molecule has 1 amide bonds. The predicted molar refractivity (Wildman–Crippen MR) is 102 cm³/mol. The zero-order valence-corrected chi connectivity index (χ0v) is 15.7. The van der Waals surface area contributed by atoms with Crippen LogP contribution in [0.3, 0.4) is 0 Å². The normalized spacial score (nSPS) is 18.2. The Labute approximate surface area is 154 Å². The highest BCUT2D eigenvalue weighted by atomic mass is 32.1. The van der Waals surface area contributed by atoms with Gasteiger partial charge in [0.25, 0.3) is 0 Å². The van der Waals surface area contributed by atoms with E-state index in [2.05, 4.69) is 53.6 Å². The van der Waals surface area contributed by atoms with Crippen molar-refractivity contribution in [3.8, 4) is 0 Å². The maximum atomic E-state index is 13.0. The van der Waals surface area contributed by atoms with Crippen molar-refractivity contribution in [2.24, 2.45) is 5.92 Å². The number of hydrogen-bond acceptors (Lipinski definition) is 3. The summed E-state index contributed by atoms with van der Waals surface area (Å²) in [6, 6.07) is 13.2. The number of rotatable bonds is 6. The van der Waals surface area contributed by atoms with Crippen LogP contribution in [0, 0.1) is 5.92 Å². The Morgan fingerprint density at radius 1 is 1.28 bits per heavy atom. The van der Waals surface area contributed by atoms with E-state index in [0.29, 0.717) is 12.6 Å². The molecule has 1 aliphatic carbocycles. The van der Waals surface area contributed by atoms with Gasteiger partial charge in [-0.25, -0.2) is 0 Å². The van der Waals surface area contributed by atoms with Gasteiger partial charge in [-0.1, -0.05) is 30.3 Å². The summed E-state index contributed by atoms with van der Waals surface area (Å²) in [5.74, 6) is 1.04. The maximum absolute atomic E-state index is 13.0. The fraction of sp³-hybridized carbons (Fsp3) is 0.476. The molecule has 0 radical (unpaired) electrons. The summed E-state index contributed by atoms with van der Waals surface area (Å²) in [5, 5.41) is 2.15. The molecule has 25 heavy (non-hydrogen) atoms. The minimum atomic E-state index is 0.278. The monoisotopic (exact) mass is 354 g/mol. The van der Waals surface area contributed by atoms with Crippen LogP contribution in [0.25, 0.3) is 0 Å². The zero-order valence-electron chi connectivity index (χ0n) is 14.9. The predicted octanol–water partition coefficient (Wildman–Crippen LogP) is 3.93. The minimum absolute atomic E-state index is 0.278. The standard InChI is InChI=1S/C21H26N2OS/c1-16(18-7-8-18)23(13-17-5-3-2-4-6-17)15-21(24)22-11-9-20-19(14-22)10-12-25-20/h2-6,10,12,16,18H,7-9,11,13-15H2,1H3. The fourth-order valence-corrected chi connectivity index (χ4v) is 4.66. The van der Waals surface area contributed by atoms with E-state index >= 15 is 0 Å². The van der Waals surface area contributed by atoms with Gasteiger partial charge in [-0.15, -0.1) is 11.3 Å². The number of benzene rings is 1. The van der Waals surface area contributed by atoms with Gasteiger partial charge in [0.05, 0.1) is 6.54 Å². The van der Waals surface area contributed by atoms with Crippen molar-refractivity contribution in [2.75, 3.05) is 13.1 Å². The SMILES string of the molecule is CC(C1CC1)N(CC(=O)N1CCc2sccc2C1)Cc1ccccc1. The lowest BCUT2D eigenvalue weighted by Gasteiger charge is -2.33. The molecule has 1 aromatic carbocycles. The van der Waals surface area contributed by atoms with Gasteiger partial charge >= 0.3 is 0 Å². The molecule has 1 unspecified atom stereocenters. The molecular weight excluding hydrogens is 328 g/mol. The maximum Gasteiger partial charge on any atom is 0.237 e. The van der Waals surface area contributed by atoms with E-state index in [4.69, 9.17) is 0 Å². The van der Waals surface area contributed by atoms with Crippen LogP contribution in [-0.4, -0.2) is 34.8 Å². The van der Waals surface area contributed by atoms with Crippen LogP contribution in [0.15, 0.2) is 41.8 Å². The second kappa shape index (κ2) is 7.30. The van der Waals surface area contributed by atoms with Crippen LogP contribution in [0.2, 0.25) is 0 Å². The number of carbonyl (C=O) groups is 1. The molecule has 3 nitrogen and oxygen atoms in total. The Morgan fingerprint density at radius 2 is 2.08 bits per heavy atom. The van der Waals surface area contributed by atoms with Crippen molar-refractivity contribution < 1.29 is 4.79 Å². The zero-order chi connectivity index (χ0) is 17.2. The first-order valence-corrected chi connectivity index (χ1v) is 10.2. The third kappa shape index (κ3) is 3.96. The molecule has 1 saturated carbocycles. The van der Waals surface area contributed by atoms with Crippen LogP contribution in [0.4, 0.5) is 0 Å². The van der Waals surface area contributed by atoms with Crippen molar-refractivity contribution in [3.05, 3.63) is 57.8 Å². The molecule has 2 aliphatic rings. The number of fused-ring (bicyclic) bond motifs is 1. The summed E-state index contributed by atoms with van der Waals surface area (Å²) in [7, 11) is 0. The molecule has 1 atom stereocenters. The first-order valence-electron chi connectivity index (χ1n) is 9.31. The highest BCUT2D eigenvalue weighted by Gasteiger charge is 2.33. The number of amides is 1. The fourth-order valence-electron chi connectivity index (χ4n) is 3.77. The summed E-state index contributed by atoms with van der Waals surface area (Å²) in [4.78, 5) is 18.9. The van der Waals surface area contributed by atoms with Crippen LogP contribution >= 0.6 is 11.3 Å². The summed E-state index contributed by atoms with van der Waals surface area (Å²) in [5.41, 5.74) is 2.64. The molecule has 0 bridgehead atoms. The van der Waals surface area contributed by atoms with E-state index in [0.717, 1.165) is 32.0 Å². The van der Waals surface area contributed by atoms with Gasteiger partial charge in [0, 0.05) is 30.6 Å². The largest absolute Gasteiger partial charge is 0.337 e. The highest BCUT2D eigenvalue weighted by molar-refractivity contribution is 7.10. The molecule has 0 N–H and O–H groups in total. The Hall–Kier alpha value is -1.65. The molecule has 4 heteroatoms. The summed E-state index contributed by atoms with van der Waals surface area (Å²) in [6.07, 6.45) is 3.63. The Balaban J connectivity index is 1.43. The van der Waals surface area contributed by atoms with Crippen molar-refractivity contribution in [1.29, 1.82) is 0 Å². The van der Waals surface area contributed by atoms with Crippen molar-refractivity contribution >= 4 is 17.2 Å². The van der Waals surface area contributed by atoms with E-state index in [-0.39, 0.29) is 5.91 Å². The molecule has 132 valence electrons. The van der Waals surface area contributed by atoms with Gasteiger partial charge in [0.1, 0.15) is 0 Å². The average Bonchev–Trinajstić information content (AvgIpc) is 3.38. The van der Waals surface area contributed by atoms with Gasteiger partial charge < -0.3 is 4.90 Å². The van der Waals surface area contributed by atoms with E-state index < -0.39 is 0 Å². The molecule has 1 fully saturated rings. The molecule has 0 spiro atoms. The third-order valence-corrected chi connectivity index (χ3v) is 6.63. The lowest BCUT2D eigenvalue weighted by molar-refractivity contribution is -0.134. The lowest BCUT2D eigenvalue weighted by atomic mass is 10.1. The second-order valence-electron chi connectivity index (χ2n) is 7.40.